The molecule has 1 N–H and O–H groups in total. The minimum absolute atomic E-state index is 0.167. The van der Waals surface area contributed by atoms with Crippen LogP contribution in [-0.4, -0.2) is 23.3 Å². The van der Waals surface area contributed by atoms with E-state index in [0.29, 0.717) is 19.4 Å². The largest absolute Gasteiger partial charge is 0.461 e. The van der Waals surface area contributed by atoms with Crippen molar-refractivity contribution in [1.29, 1.82) is 0 Å². The summed E-state index contributed by atoms with van der Waals surface area (Å²) in [6.07, 6.45) is 11.5. The number of carbonyl (C=O) groups excluding carboxylic acids is 1. The number of carbonyl (C=O) groups is 1. The standard InChI is InChI=1S/C17H28O3/c1-5-16(18)20-14-9-7-8-11-15(3)12-10-13-17(4,19)6-2/h6-7,9,12,19H,2,5,8,10-11,13-14H2,1,3-4H3/b9-7+,15-12+. The third kappa shape index (κ3) is 10.6. The molecule has 0 fully saturated rings. The average Bonchev–Trinajstić information content (AvgIpc) is 2.42. The normalized spacial score (nSPS) is 15.1. The van der Waals surface area contributed by atoms with Gasteiger partial charge in [-0.25, -0.2) is 0 Å². The highest BCUT2D eigenvalue weighted by Gasteiger charge is 2.13. The van der Waals surface area contributed by atoms with Gasteiger partial charge >= 0.3 is 5.97 Å². The summed E-state index contributed by atoms with van der Waals surface area (Å²) in [5.41, 5.74) is 0.528. The van der Waals surface area contributed by atoms with Crippen molar-refractivity contribution in [1.82, 2.24) is 0 Å². The number of esters is 1. The van der Waals surface area contributed by atoms with Gasteiger partial charge in [-0.2, -0.15) is 0 Å². The first kappa shape index (κ1) is 18.7. The average molecular weight is 280 g/mol. The zero-order valence-corrected chi connectivity index (χ0v) is 13.0. The molecule has 0 rings (SSSR count). The maximum absolute atomic E-state index is 10.9. The number of hydrogen-bond acceptors (Lipinski definition) is 3. The fraction of sp³-hybridized carbons (Fsp3) is 0.588. The van der Waals surface area contributed by atoms with Gasteiger partial charge < -0.3 is 9.84 Å². The second kappa shape index (κ2) is 10.4. The second-order valence-electron chi connectivity index (χ2n) is 5.20. The molecule has 3 heteroatoms. The number of aliphatic hydroxyl groups is 1. The van der Waals surface area contributed by atoms with E-state index >= 15 is 0 Å². The van der Waals surface area contributed by atoms with Crippen LogP contribution in [0.2, 0.25) is 0 Å². The summed E-state index contributed by atoms with van der Waals surface area (Å²) in [6, 6.07) is 0. The first-order valence-electron chi connectivity index (χ1n) is 7.23. The van der Waals surface area contributed by atoms with Gasteiger partial charge in [-0.1, -0.05) is 36.8 Å². The van der Waals surface area contributed by atoms with Gasteiger partial charge in [-0.05, 0) is 39.5 Å². The van der Waals surface area contributed by atoms with E-state index in [4.69, 9.17) is 4.74 Å². The lowest BCUT2D eigenvalue weighted by atomic mass is 9.99. The lowest BCUT2D eigenvalue weighted by molar-refractivity contribution is -0.141. The van der Waals surface area contributed by atoms with Gasteiger partial charge in [0.2, 0.25) is 0 Å². The highest BCUT2D eigenvalue weighted by atomic mass is 16.5. The van der Waals surface area contributed by atoms with Crippen molar-refractivity contribution in [3.63, 3.8) is 0 Å². The summed E-state index contributed by atoms with van der Waals surface area (Å²) < 4.78 is 4.94. The van der Waals surface area contributed by atoms with Crippen LogP contribution in [0.4, 0.5) is 0 Å². The summed E-state index contributed by atoms with van der Waals surface area (Å²) in [4.78, 5) is 10.9. The maximum atomic E-state index is 10.9. The van der Waals surface area contributed by atoms with Gasteiger partial charge in [0.1, 0.15) is 6.61 Å². The number of hydrogen-bond donors (Lipinski definition) is 1. The fourth-order valence-electron chi connectivity index (χ4n) is 1.55. The van der Waals surface area contributed by atoms with Gasteiger partial charge in [0, 0.05) is 6.42 Å². The van der Waals surface area contributed by atoms with Crippen molar-refractivity contribution in [2.24, 2.45) is 0 Å². The molecule has 0 aromatic carbocycles. The Bertz CT molecular complexity index is 351. The molecular formula is C17H28O3. The quantitative estimate of drug-likeness (QED) is 0.487. The highest BCUT2D eigenvalue weighted by molar-refractivity contribution is 5.68. The predicted molar refractivity (Wildman–Crippen MR) is 83.4 cm³/mol. The Morgan fingerprint density at radius 1 is 1.35 bits per heavy atom. The molecule has 114 valence electrons. The van der Waals surface area contributed by atoms with Crippen molar-refractivity contribution in [3.05, 3.63) is 36.5 Å². The van der Waals surface area contributed by atoms with Crippen LogP contribution in [0.5, 0.6) is 0 Å². The molecule has 0 radical (unpaired) electrons. The van der Waals surface area contributed by atoms with Gasteiger partial charge in [0.15, 0.2) is 0 Å². The summed E-state index contributed by atoms with van der Waals surface area (Å²) in [6.45, 7) is 9.61. The Balaban J connectivity index is 3.76. The zero-order valence-electron chi connectivity index (χ0n) is 13.0. The van der Waals surface area contributed by atoms with Crippen LogP contribution < -0.4 is 0 Å². The van der Waals surface area contributed by atoms with Crippen molar-refractivity contribution in [2.75, 3.05) is 6.61 Å². The summed E-state index contributed by atoms with van der Waals surface area (Å²) >= 11 is 0. The van der Waals surface area contributed by atoms with E-state index < -0.39 is 5.60 Å². The smallest absolute Gasteiger partial charge is 0.305 e. The van der Waals surface area contributed by atoms with Crippen molar-refractivity contribution >= 4 is 5.97 Å². The summed E-state index contributed by atoms with van der Waals surface area (Å²) in [7, 11) is 0. The van der Waals surface area contributed by atoms with E-state index in [0.717, 1.165) is 19.3 Å². The van der Waals surface area contributed by atoms with E-state index in [2.05, 4.69) is 19.6 Å². The molecule has 1 unspecified atom stereocenters. The first-order valence-corrected chi connectivity index (χ1v) is 7.23. The third-order valence-corrected chi connectivity index (χ3v) is 3.08. The third-order valence-electron chi connectivity index (χ3n) is 3.08. The molecule has 20 heavy (non-hydrogen) atoms. The summed E-state index contributed by atoms with van der Waals surface area (Å²) in [5, 5.41) is 9.77. The van der Waals surface area contributed by atoms with Crippen LogP contribution >= 0.6 is 0 Å². The molecule has 0 amide bonds. The molecule has 0 spiro atoms. The number of allylic oxidation sites excluding steroid dienone is 3. The Labute approximate surface area is 123 Å². The van der Waals surface area contributed by atoms with Crippen molar-refractivity contribution in [2.45, 2.75) is 58.5 Å². The van der Waals surface area contributed by atoms with Gasteiger partial charge in [-0.15, -0.1) is 6.58 Å². The molecule has 0 saturated heterocycles. The van der Waals surface area contributed by atoms with E-state index in [1.807, 2.05) is 12.2 Å². The molecule has 0 aromatic heterocycles. The van der Waals surface area contributed by atoms with E-state index in [1.165, 1.54) is 5.57 Å². The number of rotatable bonds is 10. The lowest BCUT2D eigenvalue weighted by Gasteiger charge is -2.16. The topological polar surface area (TPSA) is 46.5 Å². The maximum Gasteiger partial charge on any atom is 0.305 e. The molecule has 1 atom stereocenters. The molecule has 0 aliphatic rings. The van der Waals surface area contributed by atoms with Crippen LogP contribution in [0.15, 0.2) is 36.5 Å². The fourth-order valence-corrected chi connectivity index (χ4v) is 1.55. The minimum atomic E-state index is -0.778. The van der Waals surface area contributed by atoms with E-state index in [1.54, 1.807) is 19.9 Å². The number of ether oxygens (including phenoxy) is 1. The lowest BCUT2D eigenvalue weighted by Crippen LogP contribution is -2.19. The molecule has 0 aliphatic heterocycles. The van der Waals surface area contributed by atoms with Gasteiger partial charge in [-0.3, -0.25) is 4.79 Å². The van der Waals surface area contributed by atoms with Crippen LogP contribution in [0.25, 0.3) is 0 Å². The van der Waals surface area contributed by atoms with Crippen molar-refractivity contribution in [3.8, 4) is 0 Å². The van der Waals surface area contributed by atoms with Crippen LogP contribution in [0.1, 0.15) is 52.9 Å². The van der Waals surface area contributed by atoms with Crippen LogP contribution in [0.3, 0.4) is 0 Å². The monoisotopic (exact) mass is 280 g/mol. The molecule has 0 heterocycles. The van der Waals surface area contributed by atoms with E-state index in [9.17, 15) is 9.90 Å². The molecule has 0 saturated carbocycles. The van der Waals surface area contributed by atoms with Crippen molar-refractivity contribution < 1.29 is 14.6 Å². The molecule has 3 nitrogen and oxygen atoms in total. The van der Waals surface area contributed by atoms with Crippen LogP contribution in [0, 0.1) is 0 Å². The second-order valence-corrected chi connectivity index (χ2v) is 5.20. The Hall–Kier alpha value is -1.35. The SMILES string of the molecule is C=CC(C)(O)CC/C=C(\C)CC/C=C/COC(=O)CC. The van der Waals surface area contributed by atoms with E-state index in [-0.39, 0.29) is 5.97 Å². The van der Waals surface area contributed by atoms with Gasteiger partial charge in [0.25, 0.3) is 0 Å². The molecular weight excluding hydrogens is 252 g/mol. The predicted octanol–water partition coefficient (Wildman–Crippen LogP) is 3.94. The molecule has 0 aliphatic carbocycles. The highest BCUT2D eigenvalue weighted by Crippen LogP contribution is 2.15. The van der Waals surface area contributed by atoms with Gasteiger partial charge in [0.05, 0.1) is 5.60 Å². The molecule has 0 aromatic rings. The Kier molecular flexibility index (Phi) is 9.73. The zero-order chi connectivity index (χ0) is 15.4. The Morgan fingerprint density at radius 2 is 2.05 bits per heavy atom. The van der Waals surface area contributed by atoms with Crippen LogP contribution in [-0.2, 0) is 9.53 Å². The Morgan fingerprint density at radius 3 is 2.65 bits per heavy atom. The minimum Gasteiger partial charge on any atom is -0.461 e. The summed E-state index contributed by atoms with van der Waals surface area (Å²) in [5.74, 6) is -0.167. The molecule has 0 bridgehead atoms. The first-order chi connectivity index (χ1) is 9.41.